The largest absolute Gasteiger partial charge is 0.337 e. The fraction of sp³-hybridized carbons (Fsp3) is 0.727. The Balaban J connectivity index is 1.56. The molecule has 1 fully saturated rings. The van der Waals surface area contributed by atoms with E-state index in [4.69, 9.17) is 0 Å². The molecule has 0 atom stereocenters. The molecular formula is C11H19N3OS. The van der Waals surface area contributed by atoms with E-state index in [0.717, 1.165) is 43.9 Å². The zero-order chi connectivity index (χ0) is 11.2. The van der Waals surface area contributed by atoms with Crippen LogP contribution in [0, 0.1) is 0 Å². The molecular weight excluding hydrogens is 222 g/mol. The van der Waals surface area contributed by atoms with Gasteiger partial charge in [-0.15, -0.1) is 0 Å². The number of rotatable bonds is 5. The highest BCUT2D eigenvalue weighted by atomic mass is 32.2. The molecule has 0 saturated carbocycles. The first-order valence-corrected chi connectivity index (χ1v) is 7.37. The van der Waals surface area contributed by atoms with Crippen LogP contribution in [0.5, 0.6) is 0 Å². The minimum absolute atomic E-state index is 0.545. The van der Waals surface area contributed by atoms with Gasteiger partial charge in [-0.2, -0.15) is 0 Å². The van der Waals surface area contributed by atoms with Crippen LogP contribution in [0.1, 0.15) is 19.3 Å². The number of aromatic nitrogens is 2. The Kier molecular flexibility index (Phi) is 4.54. The van der Waals surface area contributed by atoms with Gasteiger partial charge in [-0.1, -0.05) is 0 Å². The Hall–Kier alpha value is -0.680. The first-order valence-electron chi connectivity index (χ1n) is 5.89. The molecule has 0 aromatic carbocycles. The Morgan fingerprint density at radius 1 is 1.44 bits per heavy atom. The zero-order valence-electron chi connectivity index (χ0n) is 9.47. The molecule has 0 unspecified atom stereocenters. The summed E-state index contributed by atoms with van der Waals surface area (Å²) in [6, 6.07) is 0.584. The maximum atomic E-state index is 11.2. The van der Waals surface area contributed by atoms with Gasteiger partial charge < -0.3 is 9.88 Å². The van der Waals surface area contributed by atoms with E-state index in [1.807, 2.05) is 18.7 Å². The van der Waals surface area contributed by atoms with Crippen molar-refractivity contribution in [2.75, 3.05) is 18.1 Å². The van der Waals surface area contributed by atoms with Crippen molar-refractivity contribution in [3.63, 3.8) is 0 Å². The zero-order valence-corrected chi connectivity index (χ0v) is 10.3. The van der Waals surface area contributed by atoms with Crippen LogP contribution in [0.2, 0.25) is 0 Å². The van der Waals surface area contributed by atoms with Crippen molar-refractivity contribution in [2.24, 2.45) is 0 Å². The van der Waals surface area contributed by atoms with Gasteiger partial charge in [0, 0.05) is 47.3 Å². The molecule has 0 spiro atoms. The topological polar surface area (TPSA) is 46.9 Å². The lowest BCUT2D eigenvalue weighted by molar-refractivity contribution is 0.459. The van der Waals surface area contributed by atoms with Crippen LogP contribution in [0.4, 0.5) is 0 Å². The molecule has 4 nitrogen and oxygen atoms in total. The maximum Gasteiger partial charge on any atom is 0.0945 e. The van der Waals surface area contributed by atoms with Crippen LogP contribution < -0.4 is 5.32 Å². The Labute approximate surface area is 98.9 Å². The van der Waals surface area contributed by atoms with Gasteiger partial charge in [0.15, 0.2) is 0 Å². The van der Waals surface area contributed by atoms with E-state index >= 15 is 0 Å². The second kappa shape index (κ2) is 6.15. The van der Waals surface area contributed by atoms with Crippen LogP contribution in [0.25, 0.3) is 0 Å². The molecule has 1 aromatic heterocycles. The van der Waals surface area contributed by atoms with Gasteiger partial charge in [0.25, 0.3) is 0 Å². The van der Waals surface area contributed by atoms with Gasteiger partial charge in [0.2, 0.25) is 0 Å². The molecule has 5 heteroatoms. The Bertz CT molecular complexity index is 316. The summed E-state index contributed by atoms with van der Waals surface area (Å²) in [7, 11) is -0.545. The van der Waals surface area contributed by atoms with Gasteiger partial charge in [0.1, 0.15) is 0 Å². The number of nitrogens with one attached hydrogen (secondary N) is 1. The van der Waals surface area contributed by atoms with Crippen molar-refractivity contribution in [2.45, 2.75) is 31.8 Å². The maximum absolute atomic E-state index is 11.2. The Morgan fingerprint density at radius 2 is 2.25 bits per heavy atom. The Morgan fingerprint density at radius 3 is 2.94 bits per heavy atom. The summed E-state index contributed by atoms with van der Waals surface area (Å²) in [5, 5.41) is 3.54. The van der Waals surface area contributed by atoms with Crippen molar-refractivity contribution in [1.82, 2.24) is 14.9 Å². The smallest absolute Gasteiger partial charge is 0.0945 e. The molecule has 90 valence electrons. The summed E-state index contributed by atoms with van der Waals surface area (Å²) in [6.07, 6.45) is 8.91. The van der Waals surface area contributed by atoms with E-state index in [1.54, 1.807) is 0 Å². The highest BCUT2D eigenvalue weighted by Gasteiger charge is 2.16. The van der Waals surface area contributed by atoms with Crippen LogP contribution in [-0.4, -0.2) is 37.9 Å². The molecule has 1 aliphatic heterocycles. The quantitative estimate of drug-likeness (QED) is 0.775. The molecule has 2 rings (SSSR count). The van der Waals surface area contributed by atoms with Crippen LogP contribution >= 0.6 is 0 Å². The predicted molar refractivity (Wildman–Crippen MR) is 65.7 cm³/mol. The minimum Gasteiger partial charge on any atom is -0.337 e. The van der Waals surface area contributed by atoms with Gasteiger partial charge in [0.05, 0.1) is 6.33 Å². The van der Waals surface area contributed by atoms with Crippen molar-refractivity contribution >= 4 is 10.8 Å². The molecule has 1 saturated heterocycles. The standard InChI is InChI=1S/C11H19N3OS/c15-16-8-2-11(3-9-16)13-4-1-6-14-7-5-12-10-14/h5,7,10-11,13H,1-4,6,8-9H2. The average Bonchev–Trinajstić information content (AvgIpc) is 2.80. The highest BCUT2D eigenvalue weighted by molar-refractivity contribution is 7.85. The van der Waals surface area contributed by atoms with E-state index in [0.29, 0.717) is 6.04 Å². The van der Waals surface area contributed by atoms with Crippen molar-refractivity contribution in [3.8, 4) is 0 Å². The number of imidazole rings is 1. The number of hydrogen-bond acceptors (Lipinski definition) is 3. The van der Waals surface area contributed by atoms with E-state index < -0.39 is 10.8 Å². The molecule has 1 aromatic rings. The molecule has 0 amide bonds. The predicted octanol–water partition coefficient (Wildman–Crippen LogP) is 0.774. The van der Waals surface area contributed by atoms with E-state index in [2.05, 4.69) is 14.9 Å². The van der Waals surface area contributed by atoms with Gasteiger partial charge in [-0.25, -0.2) is 4.98 Å². The normalized spacial score (nSPS) is 25.8. The fourth-order valence-corrected chi connectivity index (χ4v) is 3.28. The summed E-state index contributed by atoms with van der Waals surface area (Å²) < 4.78 is 13.3. The number of aryl methyl sites for hydroxylation is 1. The first kappa shape index (κ1) is 11.8. The van der Waals surface area contributed by atoms with Crippen LogP contribution in [0.15, 0.2) is 18.7 Å². The lowest BCUT2D eigenvalue weighted by atomic mass is 10.1. The third kappa shape index (κ3) is 3.72. The summed E-state index contributed by atoms with van der Waals surface area (Å²) >= 11 is 0. The highest BCUT2D eigenvalue weighted by Crippen LogP contribution is 2.08. The monoisotopic (exact) mass is 241 g/mol. The number of hydrogen-bond donors (Lipinski definition) is 1. The molecule has 2 heterocycles. The van der Waals surface area contributed by atoms with Crippen LogP contribution in [-0.2, 0) is 17.3 Å². The summed E-state index contributed by atoms with van der Waals surface area (Å²) in [5.41, 5.74) is 0. The molecule has 16 heavy (non-hydrogen) atoms. The van der Waals surface area contributed by atoms with Crippen molar-refractivity contribution < 1.29 is 4.21 Å². The summed E-state index contributed by atoms with van der Waals surface area (Å²) in [6.45, 7) is 2.06. The van der Waals surface area contributed by atoms with E-state index in [1.165, 1.54) is 0 Å². The fourth-order valence-electron chi connectivity index (χ4n) is 1.98. The van der Waals surface area contributed by atoms with Gasteiger partial charge in [-0.3, -0.25) is 4.21 Å². The third-order valence-electron chi connectivity index (χ3n) is 2.97. The second-order valence-corrected chi connectivity index (χ2v) is 5.93. The first-order chi connectivity index (χ1) is 7.84. The van der Waals surface area contributed by atoms with Crippen LogP contribution in [0.3, 0.4) is 0 Å². The minimum atomic E-state index is -0.545. The lowest BCUT2D eigenvalue weighted by Crippen LogP contribution is -2.36. The van der Waals surface area contributed by atoms with Crippen molar-refractivity contribution in [3.05, 3.63) is 18.7 Å². The summed E-state index contributed by atoms with van der Waals surface area (Å²) in [4.78, 5) is 4.01. The van der Waals surface area contributed by atoms with E-state index in [9.17, 15) is 4.21 Å². The average molecular weight is 241 g/mol. The van der Waals surface area contributed by atoms with E-state index in [-0.39, 0.29) is 0 Å². The van der Waals surface area contributed by atoms with Crippen molar-refractivity contribution in [1.29, 1.82) is 0 Å². The second-order valence-electron chi connectivity index (χ2n) is 4.23. The molecule has 0 aliphatic carbocycles. The lowest BCUT2D eigenvalue weighted by Gasteiger charge is -2.22. The molecule has 1 N–H and O–H groups in total. The van der Waals surface area contributed by atoms with Gasteiger partial charge in [-0.05, 0) is 25.8 Å². The molecule has 0 radical (unpaired) electrons. The third-order valence-corrected chi connectivity index (χ3v) is 4.36. The molecule has 0 bridgehead atoms. The molecule has 1 aliphatic rings. The SMILES string of the molecule is O=S1CCC(NCCCn2ccnc2)CC1. The number of nitrogens with zero attached hydrogens (tertiary/aromatic N) is 2. The summed E-state index contributed by atoms with van der Waals surface area (Å²) in [5.74, 6) is 1.75. The van der Waals surface area contributed by atoms with Gasteiger partial charge >= 0.3 is 0 Å².